The molecular weight excluding hydrogens is 428 g/mol. The summed E-state index contributed by atoms with van der Waals surface area (Å²) in [5.74, 6) is -0.539. The van der Waals surface area contributed by atoms with Crippen LogP contribution in [0.5, 0.6) is 0 Å². The largest absolute Gasteiger partial charge is 0.372 e. The Balaban J connectivity index is 1.40. The summed E-state index contributed by atoms with van der Waals surface area (Å²) in [5.41, 5.74) is 2.70. The molecule has 1 aliphatic heterocycles. The van der Waals surface area contributed by atoms with Crippen molar-refractivity contribution in [2.45, 2.75) is 32.6 Å². The number of rotatable bonds is 6. The van der Waals surface area contributed by atoms with Crippen LogP contribution in [0.25, 0.3) is 0 Å². The predicted octanol–water partition coefficient (Wildman–Crippen LogP) is 4.10. The molecule has 4 rings (SSSR count). The molecule has 0 saturated carbocycles. The van der Waals surface area contributed by atoms with Crippen molar-refractivity contribution in [1.82, 2.24) is 10.2 Å². The number of carbonyl (C=O) groups is 3. The summed E-state index contributed by atoms with van der Waals surface area (Å²) >= 11 is 0. The number of hydrogen-bond acceptors (Lipinski definition) is 4. The molecule has 2 atom stereocenters. The number of carbonyl (C=O) groups excluding carboxylic acids is 3. The minimum absolute atomic E-state index is 0.0128. The minimum atomic E-state index is -0.323. The third kappa shape index (κ3) is 5.41. The Morgan fingerprint density at radius 1 is 0.794 bits per heavy atom. The van der Waals surface area contributed by atoms with E-state index < -0.39 is 0 Å². The number of nitrogens with one attached hydrogen (secondary N) is 1. The van der Waals surface area contributed by atoms with Gasteiger partial charge in [-0.25, -0.2) is 0 Å². The van der Waals surface area contributed by atoms with Crippen LogP contribution in [0.1, 0.15) is 56.0 Å². The number of ether oxygens (including phenoxy) is 1. The van der Waals surface area contributed by atoms with Gasteiger partial charge in [0, 0.05) is 36.3 Å². The highest BCUT2D eigenvalue weighted by Gasteiger charge is 2.26. The van der Waals surface area contributed by atoms with Crippen molar-refractivity contribution >= 4 is 17.6 Å². The Labute approximate surface area is 199 Å². The van der Waals surface area contributed by atoms with Gasteiger partial charge in [0.15, 0.2) is 5.78 Å². The highest BCUT2D eigenvalue weighted by Crippen LogP contribution is 2.17. The molecule has 1 heterocycles. The Bertz CT molecular complexity index is 1160. The lowest BCUT2D eigenvalue weighted by molar-refractivity contribution is -0.0586. The first-order valence-corrected chi connectivity index (χ1v) is 11.4. The lowest BCUT2D eigenvalue weighted by Crippen LogP contribution is -2.48. The Morgan fingerprint density at radius 3 is 2.03 bits per heavy atom. The SMILES string of the molecule is CC1CN(C(=O)c2ccc(CNC(=O)c3ccccc3C(=O)c3ccccc3)cc2)CC(C)O1. The molecule has 0 aromatic heterocycles. The van der Waals surface area contributed by atoms with Crippen molar-refractivity contribution in [2.75, 3.05) is 13.1 Å². The molecule has 0 aliphatic carbocycles. The molecule has 0 spiro atoms. The summed E-state index contributed by atoms with van der Waals surface area (Å²) in [7, 11) is 0. The van der Waals surface area contributed by atoms with Crippen LogP contribution in [0.15, 0.2) is 78.9 Å². The monoisotopic (exact) mass is 456 g/mol. The van der Waals surface area contributed by atoms with E-state index in [4.69, 9.17) is 4.74 Å². The van der Waals surface area contributed by atoms with E-state index in [9.17, 15) is 14.4 Å². The van der Waals surface area contributed by atoms with Gasteiger partial charge in [-0.05, 0) is 37.6 Å². The van der Waals surface area contributed by atoms with Crippen molar-refractivity contribution in [2.24, 2.45) is 0 Å². The number of morpholine rings is 1. The molecule has 1 N–H and O–H groups in total. The fourth-order valence-corrected chi connectivity index (χ4v) is 4.19. The molecule has 6 nitrogen and oxygen atoms in total. The molecule has 0 bridgehead atoms. The van der Waals surface area contributed by atoms with Gasteiger partial charge in [-0.2, -0.15) is 0 Å². The lowest BCUT2D eigenvalue weighted by Gasteiger charge is -2.35. The molecule has 1 saturated heterocycles. The fourth-order valence-electron chi connectivity index (χ4n) is 4.19. The maximum absolute atomic E-state index is 12.9. The van der Waals surface area contributed by atoms with Crippen molar-refractivity contribution in [1.29, 1.82) is 0 Å². The van der Waals surface area contributed by atoms with Crippen LogP contribution in [0.4, 0.5) is 0 Å². The molecule has 6 heteroatoms. The molecule has 174 valence electrons. The van der Waals surface area contributed by atoms with E-state index in [-0.39, 0.29) is 36.4 Å². The Kier molecular flexibility index (Phi) is 7.18. The second kappa shape index (κ2) is 10.4. The van der Waals surface area contributed by atoms with Gasteiger partial charge in [0.2, 0.25) is 0 Å². The van der Waals surface area contributed by atoms with Crippen LogP contribution >= 0.6 is 0 Å². The number of ketones is 1. The second-order valence-corrected chi connectivity index (χ2v) is 8.59. The Morgan fingerprint density at radius 2 is 1.38 bits per heavy atom. The molecule has 3 aromatic rings. The zero-order chi connectivity index (χ0) is 24.1. The van der Waals surface area contributed by atoms with Crippen LogP contribution < -0.4 is 5.32 Å². The Hall–Kier alpha value is -3.77. The highest BCUT2D eigenvalue weighted by atomic mass is 16.5. The van der Waals surface area contributed by atoms with Crippen LogP contribution in [-0.4, -0.2) is 47.8 Å². The highest BCUT2D eigenvalue weighted by molar-refractivity contribution is 6.15. The van der Waals surface area contributed by atoms with Crippen LogP contribution in [-0.2, 0) is 11.3 Å². The molecule has 2 amide bonds. The predicted molar refractivity (Wildman–Crippen MR) is 130 cm³/mol. The molecule has 2 unspecified atom stereocenters. The van der Waals surface area contributed by atoms with Crippen molar-refractivity contribution in [3.8, 4) is 0 Å². The van der Waals surface area contributed by atoms with Gasteiger partial charge in [0.25, 0.3) is 11.8 Å². The number of amides is 2. The first kappa shape index (κ1) is 23.4. The van der Waals surface area contributed by atoms with Gasteiger partial charge in [-0.1, -0.05) is 60.7 Å². The van der Waals surface area contributed by atoms with E-state index >= 15 is 0 Å². The van der Waals surface area contributed by atoms with Gasteiger partial charge >= 0.3 is 0 Å². The molecule has 1 fully saturated rings. The van der Waals surface area contributed by atoms with Crippen LogP contribution in [0.3, 0.4) is 0 Å². The number of nitrogens with zero attached hydrogens (tertiary/aromatic N) is 1. The quantitative estimate of drug-likeness (QED) is 0.567. The molecule has 1 aliphatic rings. The molecular formula is C28H28N2O4. The maximum Gasteiger partial charge on any atom is 0.254 e. The van der Waals surface area contributed by atoms with Gasteiger partial charge < -0.3 is 15.0 Å². The van der Waals surface area contributed by atoms with Gasteiger partial charge in [0.1, 0.15) is 0 Å². The van der Waals surface area contributed by atoms with Gasteiger partial charge in [-0.15, -0.1) is 0 Å². The van der Waals surface area contributed by atoms with E-state index in [0.717, 1.165) is 5.56 Å². The lowest BCUT2D eigenvalue weighted by atomic mass is 9.98. The summed E-state index contributed by atoms with van der Waals surface area (Å²) in [6.07, 6.45) is 0.0256. The standard InChI is InChI=1S/C28H28N2O4/c1-19-17-30(18-20(2)34-19)28(33)23-14-12-21(13-15-23)16-29-27(32)25-11-7-6-10-24(25)26(31)22-8-4-3-5-9-22/h3-15,19-20H,16-18H2,1-2H3,(H,29,32). The normalized spacial score (nSPS) is 17.8. The minimum Gasteiger partial charge on any atom is -0.372 e. The van der Waals surface area contributed by atoms with Crippen molar-refractivity contribution < 1.29 is 19.1 Å². The van der Waals surface area contributed by atoms with E-state index in [1.807, 2.05) is 36.9 Å². The maximum atomic E-state index is 12.9. The fraction of sp³-hybridized carbons (Fsp3) is 0.250. The zero-order valence-corrected chi connectivity index (χ0v) is 19.4. The van der Waals surface area contributed by atoms with Gasteiger partial charge in [0.05, 0.1) is 17.8 Å². The topological polar surface area (TPSA) is 75.7 Å². The molecule has 3 aromatic carbocycles. The molecule has 34 heavy (non-hydrogen) atoms. The molecule has 0 radical (unpaired) electrons. The van der Waals surface area contributed by atoms with Crippen LogP contribution in [0.2, 0.25) is 0 Å². The summed E-state index contributed by atoms with van der Waals surface area (Å²) < 4.78 is 5.71. The second-order valence-electron chi connectivity index (χ2n) is 8.59. The van der Waals surface area contributed by atoms with Gasteiger partial charge in [-0.3, -0.25) is 14.4 Å². The number of hydrogen-bond donors (Lipinski definition) is 1. The number of benzene rings is 3. The van der Waals surface area contributed by atoms with E-state index in [1.165, 1.54) is 0 Å². The average Bonchev–Trinajstić information content (AvgIpc) is 2.86. The summed E-state index contributed by atoms with van der Waals surface area (Å²) in [6.45, 7) is 5.36. The van der Waals surface area contributed by atoms with Crippen molar-refractivity contribution in [3.63, 3.8) is 0 Å². The first-order valence-electron chi connectivity index (χ1n) is 11.4. The zero-order valence-electron chi connectivity index (χ0n) is 19.4. The summed E-state index contributed by atoms with van der Waals surface area (Å²) in [4.78, 5) is 40.4. The first-order chi connectivity index (χ1) is 16.4. The summed E-state index contributed by atoms with van der Waals surface area (Å²) in [6, 6.07) is 22.9. The summed E-state index contributed by atoms with van der Waals surface area (Å²) in [5, 5.41) is 2.88. The van der Waals surface area contributed by atoms with E-state index in [2.05, 4.69) is 5.32 Å². The third-order valence-corrected chi connectivity index (χ3v) is 5.81. The third-order valence-electron chi connectivity index (χ3n) is 5.81. The average molecular weight is 457 g/mol. The van der Waals surface area contributed by atoms with E-state index in [0.29, 0.717) is 35.3 Å². The van der Waals surface area contributed by atoms with Crippen LogP contribution in [0, 0.1) is 0 Å². The smallest absolute Gasteiger partial charge is 0.254 e. The van der Waals surface area contributed by atoms with Crippen molar-refractivity contribution in [3.05, 3.63) is 107 Å². The van der Waals surface area contributed by atoms with E-state index in [1.54, 1.807) is 60.7 Å².